The Kier molecular flexibility index (Phi) is 6.12. The number of rotatable bonds is 5. The summed E-state index contributed by atoms with van der Waals surface area (Å²) in [5, 5.41) is 7.15. The Hall–Kier alpha value is -3.04. The molecule has 0 bridgehead atoms. The van der Waals surface area contributed by atoms with E-state index >= 15 is 0 Å². The average Bonchev–Trinajstić information content (AvgIpc) is 3.14. The summed E-state index contributed by atoms with van der Waals surface area (Å²) in [6.45, 7) is 4.22. The molecule has 1 N–H and O–H groups in total. The van der Waals surface area contributed by atoms with E-state index < -0.39 is 15.9 Å². The van der Waals surface area contributed by atoms with Crippen LogP contribution in [-0.2, 0) is 10.0 Å². The van der Waals surface area contributed by atoms with Crippen LogP contribution < -0.4 is 5.32 Å². The van der Waals surface area contributed by atoms with Crippen LogP contribution in [0, 0.1) is 12.7 Å². The minimum atomic E-state index is -3.60. The molecular weight excluding hydrogens is 431 g/mol. The minimum absolute atomic E-state index is 0.0355. The molecule has 1 unspecified atom stereocenters. The second-order valence-electron chi connectivity index (χ2n) is 8.00. The highest BCUT2D eigenvalue weighted by atomic mass is 32.2. The van der Waals surface area contributed by atoms with E-state index in [2.05, 4.69) is 10.4 Å². The highest BCUT2D eigenvalue weighted by Gasteiger charge is 2.31. The molecular formula is C23H25FN4O3S. The fourth-order valence-electron chi connectivity index (χ4n) is 3.90. The molecule has 4 rings (SSSR count). The maximum Gasteiger partial charge on any atom is 0.256 e. The first-order valence-corrected chi connectivity index (χ1v) is 12.0. The third kappa shape index (κ3) is 4.44. The molecule has 1 aliphatic rings. The molecule has 32 heavy (non-hydrogen) atoms. The van der Waals surface area contributed by atoms with Crippen molar-refractivity contribution in [2.45, 2.75) is 44.0 Å². The molecule has 1 aliphatic heterocycles. The van der Waals surface area contributed by atoms with E-state index in [4.69, 9.17) is 0 Å². The van der Waals surface area contributed by atoms with Gasteiger partial charge in [-0.15, -0.1) is 0 Å². The van der Waals surface area contributed by atoms with Crippen molar-refractivity contribution in [3.8, 4) is 5.69 Å². The number of sulfonamides is 1. The van der Waals surface area contributed by atoms with E-state index in [1.165, 1.54) is 45.4 Å². The van der Waals surface area contributed by atoms with Crippen LogP contribution in [0.2, 0.25) is 0 Å². The van der Waals surface area contributed by atoms with Crippen LogP contribution >= 0.6 is 0 Å². The lowest BCUT2D eigenvalue weighted by molar-refractivity contribution is 0.102. The number of nitrogens with one attached hydrogen (secondary N) is 1. The van der Waals surface area contributed by atoms with Gasteiger partial charge in [0.15, 0.2) is 0 Å². The predicted molar refractivity (Wildman–Crippen MR) is 120 cm³/mol. The molecule has 9 heteroatoms. The third-order valence-electron chi connectivity index (χ3n) is 5.61. The molecule has 1 saturated heterocycles. The number of aromatic nitrogens is 2. The minimum Gasteiger partial charge on any atom is -0.306 e. The van der Waals surface area contributed by atoms with Gasteiger partial charge < -0.3 is 5.32 Å². The maximum absolute atomic E-state index is 13.3. The fraction of sp³-hybridized carbons (Fsp3) is 0.304. The Morgan fingerprint density at radius 3 is 2.44 bits per heavy atom. The Morgan fingerprint density at radius 1 is 1.09 bits per heavy atom. The van der Waals surface area contributed by atoms with Gasteiger partial charge in [-0.2, -0.15) is 9.40 Å². The van der Waals surface area contributed by atoms with Crippen LogP contribution in [0.3, 0.4) is 0 Å². The Bertz CT molecular complexity index is 1220. The summed E-state index contributed by atoms with van der Waals surface area (Å²) in [5.41, 5.74) is 1.61. The van der Waals surface area contributed by atoms with Crippen LogP contribution in [0.1, 0.15) is 42.2 Å². The van der Waals surface area contributed by atoms with Crippen LogP contribution in [0.4, 0.5) is 10.2 Å². The number of nitrogens with zero attached hydrogens (tertiary/aromatic N) is 3. The van der Waals surface area contributed by atoms with Gasteiger partial charge in [0.2, 0.25) is 10.0 Å². The van der Waals surface area contributed by atoms with Gasteiger partial charge in [-0.25, -0.2) is 17.5 Å². The average molecular weight is 457 g/mol. The third-order valence-corrected chi connectivity index (χ3v) is 7.64. The van der Waals surface area contributed by atoms with Crippen molar-refractivity contribution in [2.75, 3.05) is 11.9 Å². The highest BCUT2D eigenvalue weighted by Crippen LogP contribution is 2.25. The Morgan fingerprint density at radius 2 is 1.78 bits per heavy atom. The van der Waals surface area contributed by atoms with Crippen LogP contribution in [-0.4, -0.2) is 41.0 Å². The number of hydrogen-bond donors (Lipinski definition) is 1. The van der Waals surface area contributed by atoms with Crippen LogP contribution in [0.5, 0.6) is 0 Å². The van der Waals surface area contributed by atoms with Gasteiger partial charge in [-0.05, 0) is 75.2 Å². The zero-order valence-corrected chi connectivity index (χ0v) is 18.8. The zero-order chi connectivity index (χ0) is 22.9. The number of carbonyl (C=O) groups excluding carboxylic acids is 1. The second kappa shape index (κ2) is 8.84. The number of anilines is 1. The molecule has 1 fully saturated rings. The first-order valence-electron chi connectivity index (χ1n) is 10.5. The molecule has 7 nitrogen and oxygen atoms in total. The first kappa shape index (κ1) is 22.2. The van der Waals surface area contributed by atoms with Gasteiger partial charge in [0.05, 0.1) is 16.3 Å². The van der Waals surface area contributed by atoms with Crippen molar-refractivity contribution in [1.82, 2.24) is 14.1 Å². The second-order valence-corrected chi connectivity index (χ2v) is 9.89. The van der Waals surface area contributed by atoms with Crippen LogP contribution in [0.15, 0.2) is 59.5 Å². The van der Waals surface area contributed by atoms with E-state index in [1.807, 2.05) is 6.92 Å². The summed E-state index contributed by atoms with van der Waals surface area (Å²) >= 11 is 0. The summed E-state index contributed by atoms with van der Waals surface area (Å²) in [7, 11) is -3.60. The van der Waals surface area contributed by atoms with E-state index in [0.29, 0.717) is 29.3 Å². The summed E-state index contributed by atoms with van der Waals surface area (Å²) in [5.74, 6) is -0.335. The molecule has 0 aliphatic carbocycles. The normalized spacial score (nSPS) is 17.3. The number of aryl methyl sites for hydroxylation is 1. The number of piperidine rings is 1. The smallest absolute Gasteiger partial charge is 0.256 e. The van der Waals surface area contributed by atoms with E-state index in [9.17, 15) is 17.6 Å². The molecule has 2 aromatic carbocycles. The van der Waals surface area contributed by atoms with Gasteiger partial charge >= 0.3 is 0 Å². The highest BCUT2D eigenvalue weighted by molar-refractivity contribution is 7.89. The molecule has 1 amide bonds. The number of benzene rings is 2. The predicted octanol–water partition coefficient (Wildman–Crippen LogP) is 4.14. The quantitative estimate of drug-likeness (QED) is 0.626. The largest absolute Gasteiger partial charge is 0.306 e. The van der Waals surface area contributed by atoms with Gasteiger partial charge in [0.1, 0.15) is 11.6 Å². The van der Waals surface area contributed by atoms with Crippen LogP contribution in [0.25, 0.3) is 5.69 Å². The number of amides is 1. The fourth-order valence-corrected chi connectivity index (χ4v) is 5.60. The Labute approximate surface area is 186 Å². The lowest BCUT2D eigenvalue weighted by atomic mass is 10.1. The molecule has 168 valence electrons. The molecule has 3 aromatic rings. The molecule has 0 spiro atoms. The number of carbonyl (C=O) groups is 1. The molecule has 1 aromatic heterocycles. The van der Waals surface area contributed by atoms with Gasteiger partial charge in [-0.3, -0.25) is 4.79 Å². The van der Waals surface area contributed by atoms with Gasteiger partial charge in [0.25, 0.3) is 5.91 Å². The first-order chi connectivity index (χ1) is 15.3. The van der Waals surface area contributed by atoms with E-state index in [-0.39, 0.29) is 16.8 Å². The molecule has 0 radical (unpaired) electrons. The maximum atomic E-state index is 13.3. The van der Waals surface area contributed by atoms with Gasteiger partial charge in [-0.1, -0.05) is 6.42 Å². The summed E-state index contributed by atoms with van der Waals surface area (Å²) in [6.07, 6.45) is 2.73. The summed E-state index contributed by atoms with van der Waals surface area (Å²) in [4.78, 5) is 13.0. The van der Waals surface area contributed by atoms with Gasteiger partial charge in [0, 0.05) is 24.2 Å². The monoisotopic (exact) mass is 456 g/mol. The molecule has 2 heterocycles. The van der Waals surface area contributed by atoms with Crippen molar-refractivity contribution in [2.24, 2.45) is 0 Å². The van der Waals surface area contributed by atoms with Crippen molar-refractivity contribution in [3.05, 3.63) is 71.7 Å². The molecule has 0 saturated carbocycles. The van der Waals surface area contributed by atoms with Crippen molar-refractivity contribution >= 4 is 21.7 Å². The van der Waals surface area contributed by atoms with E-state index in [0.717, 1.165) is 19.3 Å². The zero-order valence-electron chi connectivity index (χ0n) is 18.0. The summed E-state index contributed by atoms with van der Waals surface area (Å²) in [6, 6.07) is 13.4. The molecule has 1 atom stereocenters. The van der Waals surface area contributed by atoms with Crippen molar-refractivity contribution in [1.29, 1.82) is 0 Å². The summed E-state index contributed by atoms with van der Waals surface area (Å²) < 4.78 is 42.3. The van der Waals surface area contributed by atoms with Crippen molar-refractivity contribution in [3.63, 3.8) is 0 Å². The van der Waals surface area contributed by atoms with Crippen molar-refractivity contribution < 1.29 is 17.6 Å². The lowest BCUT2D eigenvalue weighted by Gasteiger charge is -2.32. The Balaban J connectivity index is 1.54. The topological polar surface area (TPSA) is 84.3 Å². The SMILES string of the molecule is Cc1cc(NC(=O)c2ccc(S(=O)(=O)N3CCCCC3C)cc2)n(-c2ccc(F)cc2)n1. The number of halogens is 1. The standard InChI is InChI=1S/C23H25FN4O3S/c1-16-15-22(28(26-16)20-10-8-19(24)9-11-20)25-23(29)18-6-12-21(13-7-18)32(30,31)27-14-4-3-5-17(27)2/h6-13,15,17H,3-5,14H2,1-2H3,(H,25,29). The lowest BCUT2D eigenvalue weighted by Crippen LogP contribution is -2.41. The number of hydrogen-bond acceptors (Lipinski definition) is 4. The van der Waals surface area contributed by atoms with E-state index in [1.54, 1.807) is 25.1 Å².